The zero-order chi connectivity index (χ0) is 20.5. The minimum absolute atomic E-state index is 0.0264. The lowest BCUT2D eigenvalue weighted by Gasteiger charge is -2.60. The first-order valence-corrected chi connectivity index (χ1v) is 11.0. The molecular formula is C23H35NO4. The fourth-order valence-corrected chi connectivity index (χ4v) is 7.45. The van der Waals surface area contributed by atoms with E-state index in [9.17, 15) is 19.8 Å². The number of carbonyl (C=O) groups is 2. The van der Waals surface area contributed by atoms with Crippen molar-refractivity contribution in [2.24, 2.45) is 28.6 Å². The summed E-state index contributed by atoms with van der Waals surface area (Å²) in [4.78, 5) is 24.9. The average Bonchev–Trinajstić information content (AvgIpc) is 2.87. The molecule has 3 saturated carbocycles. The van der Waals surface area contributed by atoms with Crippen molar-refractivity contribution in [2.45, 2.75) is 90.4 Å². The van der Waals surface area contributed by atoms with Crippen molar-refractivity contribution in [1.29, 1.82) is 0 Å². The van der Waals surface area contributed by atoms with E-state index in [1.807, 2.05) is 26.8 Å². The van der Waals surface area contributed by atoms with E-state index in [-0.39, 0.29) is 40.9 Å². The molecule has 0 bridgehead atoms. The minimum Gasteiger partial charge on any atom is -0.393 e. The van der Waals surface area contributed by atoms with E-state index in [2.05, 4.69) is 12.2 Å². The fourth-order valence-electron chi connectivity index (χ4n) is 7.45. The third-order valence-corrected chi connectivity index (χ3v) is 8.84. The Bertz CT molecular complexity index is 730. The van der Waals surface area contributed by atoms with Crippen LogP contribution in [0, 0.1) is 28.6 Å². The Labute approximate surface area is 168 Å². The van der Waals surface area contributed by atoms with Crippen molar-refractivity contribution < 1.29 is 19.8 Å². The summed E-state index contributed by atoms with van der Waals surface area (Å²) in [6, 6.07) is -0.0264. The molecule has 4 aliphatic carbocycles. The number of allylic oxidation sites excluding steroid dienone is 1. The summed E-state index contributed by atoms with van der Waals surface area (Å²) in [7, 11) is 0. The van der Waals surface area contributed by atoms with Gasteiger partial charge in [-0.25, -0.2) is 0 Å². The highest BCUT2D eigenvalue weighted by molar-refractivity contribution is 5.91. The maximum absolute atomic E-state index is 12.9. The van der Waals surface area contributed by atoms with Gasteiger partial charge in [0, 0.05) is 17.9 Å². The second-order valence-corrected chi connectivity index (χ2v) is 10.6. The lowest BCUT2D eigenvalue weighted by atomic mass is 9.45. The van der Waals surface area contributed by atoms with E-state index < -0.39 is 17.1 Å². The monoisotopic (exact) mass is 389 g/mol. The van der Waals surface area contributed by atoms with Gasteiger partial charge in [0.2, 0.25) is 0 Å². The maximum Gasteiger partial charge on any atom is 0.252 e. The highest BCUT2D eigenvalue weighted by Gasteiger charge is 2.68. The van der Waals surface area contributed by atoms with Gasteiger partial charge in [0.05, 0.1) is 6.10 Å². The van der Waals surface area contributed by atoms with Crippen LogP contribution in [-0.2, 0) is 9.59 Å². The molecule has 0 aromatic carbocycles. The number of carbonyl (C=O) groups excluding carboxylic acids is 2. The molecule has 4 aliphatic rings. The summed E-state index contributed by atoms with van der Waals surface area (Å²) in [6.45, 7) is 8.05. The molecule has 0 aromatic rings. The van der Waals surface area contributed by atoms with Crippen LogP contribution in [0.5, 0.6) is 0 Å². The molecule has 1 amide bonds. The molecule has 0 aromatic heterocycles. The van der Waals surface area contributed by atoms with E-state index in [0.717, 1.165) is 25.7 Å². The van der Waals surface area contributed by atoms with Crippen LogP contribution in [0.3, 0.4) is 0 Å². The second kappa shape index (κ2) is 6.40. The number of hydrogen-bond acceptors (Lipinski definition) is 4. The molecule has 0 saturated heterocycles. The summed E-state index contributed by atoms with van der Waals surface area (Å²) in [5.74, 6) is 0.532. The van der Waals surface area contributed by atoms with Gasteiger partial charge in [-0.2, -0.15) is 0 Å². The molecule has 5 nitrogen and oxygen atoms in total. The Morgan fingerprint density at radius 3 is 2.61 bits per heavy atom. The highest BCUT2D eigenvalue weighted by Crippen LogP contribution is 2.67. The average molecular weight is 390 g/mol. The number of aliphatic hydroxyl groups excluding tert-OH is 1. The smallest absolute Gasteiger partial charge is 0.252 e. The molecule has 3 N–H and O–H groups in total. The summed E-state index contributed by atoms with van der Waals surface area (Å²) in [5, 5.41) is 25.8. The molecule has 156 valence electrons. The summed E-state index contributed by atoms with van der Waals surface area (Å²) < 4.78 is 0. The largest absolute Gasteiger partial charge is 0.393 e. The maximum atomic E-state index is 12.9. The van der Waals surface area contributed by atoms with Gasteiger partial charge < -0.3 is 15.5 Å². The molecule has 0 heterocycles. The van der Waals surface area contributed by atoms with Gasteiger partial charge in [0.15, 0.2) is 5.78 Å². The molecule has 5 heteroatoms. The van der Waals surface area contributed by atoms with Crippen molar-refractivity contribution in [2.75, 3.05) is 0 Å². The molecule has 7 atom stereocenters. The van der Waals surface area contributed by atoms with Gasteiger partial charge in [0.25, 0.3) is 5.91 Å². The quantitative estimate of drug-likeness (QED) is 0.678. The van der Waals surface area contributed by atoms with Crippen LogP contribution in [0.1, 0.15) is 72.6 Å². The van der Waals surface area contributed by atoms with Crippen molar-refractivity contribution in [3.05, 3.63) is 11.6 Å². The van der Waals surface area contributed by atoms with Gasteiger partial charge >= 0.3 is 0 Å². The van der Waals surface area contributed by atoms with Gasteiger partial charge in [-0.3, -0.25) is 9.59 Å². The van der Waals surface area contributed by atoms with Gasteiger partial charge in [0.1, 0.15) is 5.60 Å². The SMILES string of the molecule is CC(C)NC(=O)[C@@]1(O)CC[C@H]2[C@@H]3CCC4=CC(=O)CC[C@]4(C)[C@H]3[C@@H](O)C[C@@]21C. The summed E-state index contributed by atoms with van der Waals surface area (Å²) >= 11 is 0. The zero-order valence-corrected chi connectivity index (χ0v) is 17.6. The Balaban J connectivity index is 1.69. The number of hydrogen-bond donors (Lipinski definition) is 3. The Hall–Kier alpha value is -1.20. The molecule has 0 aliphatic heterocycles. The predicted octanol–water partition coefficient (Wildman–Crippen LogP) is 2.74. The van der Waals surface area contributed by atoms with Gasteiger partial charge in [-0.05, 0) is 81.6 Å². The molecule has 0 spiro atoms. The third kappa shape index (κ3) is 2.58. The Kier molecular flexibility index (Phi) is 4.59. The molecule has 3 fully saturated rings. The molecule has 4 rings (SSSR count). The van der Waals surface area contributed by atoms with Crippen LogP contribution >= 0.6 is 0 Å². The lowest BCUT2D eigenvalue weighted by Crippen LogP contribution is -2.63. The molecule has 28 heavy (non-hydrogen) atoms. The molecule has 0 radical (unpaired) electrons. The predicted molar refractivity (Wildman–Crippen MR) is 106 cm³/mol. The second-order valence-electron chi connectivity index (χ2n) is 10.6. The minimum atomic E-state index is -1.42. The Morgan fingerprint density at radius 1 is 1.21 bits per heavy atom. The van der Waals surface area contributed by atoms with E-state index in [1.165, 1.54) is 5.57 Å². The third-order valence-electron chi connectivity index (χ3n) is 8.84. The van der Waals surface area contributed by atoms with Crippen molar-refractivity contribution in [1.82, 2.24) is 5.32 Å². The topological polar surface area (TPSA) is 86.6 Å². The number of ketones is 1. The number of fused-ring (bicyclic) bond motifs is 5. The number of rotatable bonds is 2. The number of aliphatic hydroxyl groups is 2. The van der Waals surface area contributed by atoms with E-state index in [1.54, 1.807) is 0 Å². The van der Waals surface area contributed by atoms with Gasteiger partial charge in [-0.1, -0.05) is 19.4 Å². The summed E-state index contributed by atoms with van der Waals surface area (Å²) in [5.41, 5.74) is -0.973. The van der Waals surface area contributed by atoms with Crippen LogP contribution in [0.15, 0.2) is 11.6 Å². The molecular weight excluding hydrogens is 354 g/mol. The Morgan fingerprint density at radius 2 is 1.93 bits per heavy atom. The van der Waals surface area contributed by atoms with Crippen molar-refractivity contribution in [3.63, 3.8) is 0 Å². The number of nitrogens with one attached hydrogen (secondary N) is 1. The normalized spacial score (nSPS) is 47.8. The van der Waals surface area contributed by atoms with E-state index >= 15 is 0 Å². The fraction of sp³-hybridized carbons (Fsp3) is 0.826. The van der Waals surface area contributed by atoms with Crippen LogP contribution in [-0.4, -0.2) is 39.7 Å². The number of amides is 1. The highest BCUT2D eigenvalue weighted by atomic mass is 16.3. The van der Waals surface area contributed by atoms with Crippen molar-refractivity contribution in [3.8, 4) is 0 Å². The molecule has 0 unspecified atom stereocenters. The van der Waals surface area contributed by atoms with Gasteiger partial charge in [-0.15, -0.1) is 0 Å². The zero-order valence-electron chi connectivity index (χ0n) is 17.6. The lowest BCUT2D eigenvalue weighted by molar-refractivity contribution is -0.182. The van der Waals surface area contributed by atoms with Crippen LogP contribution in [0.2, 0.25) is 0 Å². The summed E-state index contributed by atoms with van der Waals surface area (Å²) in [6.07, 6.45) is 6.16. The van der Waals surface area contributed by atoms with E-state index in [0.29, 0.717) is 19.3 Å². The van der Waals surface area contributed by atoms with Crippen LogP contribution < -0.4 is 5.32 Å². The van der Waals surface area contributed by atoms with E-state index in [4.69, 9.17) is 0 Å². The first kappa shape index (κ1) is 20.1. The first-order valence-electron chi connectivity index (χ1n) is 11.0. The van der Waals surface area contributed by atoms with Crippen molar-refractivity contribution >= 4 is 11.7 Å². The van der Waals surface area contributed by atoms with Crippen LogP contribution in [0.4, 0.5) is 0 Å². The first-order chi connectivity index (χ1) is 13.0. The standard InChI is InChI=1S/C23H35NO4/c1-13(2)24-20(27)23(28)10-8-17-16-6-5-14-11-15(25)7-9-21(14,3)19(16)18(26)12-22(17,23)4/h11,13,16-19,26,28H,5-10,12H2,1-4H3,(H,24,27)/t16-,17-,18-,19+,21-,22-,23-/m0/s1. The van der Waals surface area contributed by atoms with Crippen LogP contribution in [0.25, 0.3) is 0 Å².